The minimum atomic E-state index is -0.273. The summed E-state index contributed by atoms with van der Waals surface area (Å²) in [6.45, 7) is 0. The number of carbonyl (C=O) groups excluding carboxylic acids is 1. The largest absolute Gasteiger partial charge is 0.306 e. The zero-order valence-electron chi connectivity index (χ0n) is 11.6. The minimum Gasteiger partial charge on any atom is -0.306 e. The summed E-state index contributed by atoms with van der Waals surface area (Å²) in [5.74, 6) is 0.691. The molecule has 0 fully saturated rings. The standard InChI is InChI=1S/C14H9N7OS/c22-14(9-2-3-10-11(6-9)20-23-19-10)18-12-7-13(16-8-15-12)21-5-1-4-17-21/h1-8H,(H,15,16,18,22). The van der Waals surface area contributed by atoms with Crippen molar-refractivity contribution in [1.82, 2.24) is 28.5 Å². The molecule has 1 aromatic carbocycles. The maximum atomic E-state index is 12.3. The normalized spacial score (nSPS) is 10.8. The number of amides is 1. The van der Waals surface area contributed by atoms with E-state index < -0.39 is 0 Å². The third-order valence-electron chi connectivity index (χ3n) is 3.15. The van der Waals surface area contributed by atoms with Crippen molar-refractivity contribution in [3.8, 4) is 5.82 Å². The predicted octanol–water partition coefficient (Wildman–Crippen LogP) is 1.92. The van der Waals surface area contributed by atoms with Gasteiger partial charge < -0.3 is 5.32 Å². The number of benzene rings is 1. The van der Waals surface area contributed by atoms with Crippen LogP contribution in [0.1, 0.15) is 10.4 Å². The molecule has 23 heavy (non-hydrogen) atoms. The van der Waals surface area contributed by atoms with E-state index in [1.807, 2.05) is 0 Å². The highest BCUT2D eigenvalue weighted by Crippen LogP contribution is 2.15. The van der Waals surface area contributed by atoms with Crippen molar-refractivity contribution < 1.29 is 4.79 Å². The summed E-state index contributed by atoms with van der Waals surface area (Å²) in [4.78, 5) is 20.5. The number of nitrogens with one attached hydrogen (secondary N) is 1. The van der Waals surface area contributed by atoms with Crippen molar-refractivity contribution in [2.75, 3.05) is 5.32 Å². The molecule has 0 aliphatic rings. The molecule has 0 bridgehead atoms. The molecule has 3 aromatic heterocycles. The summed E-state index contributed by atoms with van der Waals surface area (Å²) >= 11 is 1.12. The second-order valence-electron chi connectivity index (χ2n) is 4.63. The lowest BCUT2D eigenvalue weighted by Crippen LogP contribution is -2.13. The molecule has 1 N–H and O–H groups in total. The van der Waals surface area contributed by atoms with Gasteiger partial charge in [-0.2, -0.15) is 13.8 Å². The van der Waals surface area contributed by atoms with Crippen LogP contribution in [0, 0.1) is 0 Å². The smallest absolute Gasteiger partial charge is 0.256 e. The number of fused-ring (bicyclic) bond motifs is 1. The van der Waals surface area contributed by atoms with Crippen LogP contribution in [0.4, 0.5) is 5.82 Å². The van der Waals surface area contributed by atoms with Gasteiger partial charge in [0, 0.05) is 24.0 Å². The predicted molar refractivity (Wildman–Crippen MR) is 84.5 cm³/mol. The maximum absolute atomic E-state index is 12.3. The summed E-state index contributed by atoms with van der Waals surface area (Å²) < 4.78 is 9.83. The van der Waals surface area contributed by atoms with Crippen LogP contribution in [0.15, 0.2) is 49.1 Å². The summed E-state index contributed by atoms with van der Waals surface area (Å²) in [5, 5.41) is 6.83. The van der Waals surface area contributed by atoms with Gasteiger partial charge in [-0.1, -0.05) is 0 Å². The van der Waals surface area contributed by atoms with E-state index in [0.717, 1.165) is 17.2 Å². The van der Waals surface area contributed by atoms with E-state index in [1.54, 1.807) is 47.4 Å². The number of hydrogen-bond acceptors (Lipinski definition) is 7. The topological polar surface area (TPSA) is 98.5 Å². The molecular weight excluding hydrogens is 314 g/mol. The molecular formula is C14H9N7OS. The second kappa shape index (κ2) is 5.54. The number of hydrogen-bond donors (Lipinski definition) is 1. The number of rotatable bonds is 3. The van der Waals surface area contributed by atoms with Crippen LogP contribution in [-0.4, -0.2) is 34.4 Å². The Kier molecular flexibility index (Phi) is 3.24. The van der Waals surface area contributed by atoms with E-state index >= 15 is 0 Å². The van der Waals surface area contributed by atoms with Crippen LogP contribution in [0.5, 0.6) is 0 Å². The Morgan fingerprint density at radius 3 is 2.91 bits per heavy atom. The first-order chi connectivity index (χ1) is 11.3. The molecule has 4 aromatic rings. The average Bonchev–Trinajstić information content (AvgIpc) is 3.26. The van der Waals surface area contributed by atoms with Crippen LogP contribution in [0.2, 0.25) is 0 Å². The SMILES string of the molecule is O=C(Nc1cc(-n2cccn2)ncn1)c1ccc2nsnc2c1. The van der Waals surface area contributed by atoms with E-state index in [1.165, 1.54) is 6.33 Å². The van der Waals surface area contributed by atoms with Gasteiger partial charge in [-0.3, -0.25) is 4.79 Å². The van der Waals surface area contributed by atoms with E-state index in [2.05, 4.69) is 29.1 Å². The second-order valence-corrected chi connectivity index (χ2v) is 5.16. The average molecular weight is 323 g/mol. The van der Waals surface area contributed by atoms with Crippen molar-refractivity contribution >= 4 is 34.5 Å². The molecule has 0 unspecified atom stereocenters. The molecule has 0 spiro atoms. The lowest BCUT2D eigenvalue weighted by Gasteiger charge is -2.06. The molecule has 9 heteroatoms. The molecule has 0 saturated carbocycles. The first-order valence-electron chi connectivity index (χ1n) is 6.65. The Bertz CT molecular complexity index is 980. The van der Waals surface area contributed by atoms with E-state index in [-0.39, 0.29) is 5.91 Å². The molecule has 0 atom stereocenters. The molecule has 8 nitrogen and oxygen atoms in total. The maximum Gasteiger partial charge on any atom is 0.256 e. The number of carbonyl (C=O) groups is 1. The Morgan fingerprint density at radius 1 is 1.13 bits per heavy atom. The van der Waals surface area contributed by atoms with Crippen molar-refractivity contribution in [2.45, 2.75) is 0 Å². The van der Waals surface area contributed by atoms with Gasteiger partial charge >= 0.3 is 0 Å². The number of aromatic nitrogens is 6. The van der Waals surface area contributed by atoms with Crippen molar-refractivity contribution in [3.63, 3.8) is 0 Å². The number of nitrogens with zero attached hydrogens (tertiary/aromatic N) is 6. The van der Waals surface area contributed by atoms with Crippen molar-refractivity contribution in [3.05, 3.63) is 54.6 Å². The molecule has 1 amide bonds. The van der Waals surface area contributed by atoms with Crippen molar-refractivity contribution in [2.24, 2.45) is 0 Å². The first kappa shape index (κ1) is 13.5. The molecule has 112 valence electrons. The van der Waals surface area contributed by atoms with Gasteiger partial charge in [0.05, 0.1) is 11.7 Å². The molecule has 0 aliphatic heterocycles. The van der Waals surface area contributed by atoms with Crippen LogP contribution >= 0.6 is 11.7 Å². The van der Waals surface area contributed by atoms with Crippen LogP contribution in [-0.2, 0) is 0 Å². The molecule has 0 aliphatic carbocycles. The Hall–Kier alpha value is -3.20. The summed E-state index contributed by atoms with van der Waals surface area (Å²) in [6.07, 6.45) is 4.79. The first-order valence-corrected chi connectivity index (χ1v) is 7.38. The molecule has 4 rings (SSSR count). The zero-order chi connectivity index (χ0) is 15.6. The monoisotopic (exact) mass is 323 g/mol. The van der Waals surface area contributed by atoms with Gasteiger partial charge in [-0.15, -0.1) is 0 Å². The Balaban J connectivity index is 1.59. The van der Waals surface area contributed by atoms with Crippen LogP contribution in [0.3, 0.4) is 0 Å². The van der Waals surface area contributed by atoms with Gasteiger partial charge in [0.25, 0.3) is 5.91 Å². The number of anilines is 1. The lowest BCUT2D eigenvalue weighted by molar-refractivity contribution is 0.102. The van der Waals surface area contributed by atoms with Gasteiger partial charge in [0.15, 0.2) is 5.82 Å². The fourth-order valence-corrected chi connectivity index (χ4v) is 2.57. The highest BCUT2D eigenvalue weighted by molar-refractivity contribution is 7.00. The van der Waals surface area contributed by atoms with Crippen LogP contribution in [0.25, 0.3) is 16.9 Å². The quantitative estimate of drug-likeness (QED) is 0.618. The fourth-order valence-electron chi connectivity index (χ4n) is 2.06. The van der Waals surface area contributed by atoms with E-state index in [9.17, 15) is 4.79 Å². The minimum absolute atomic E-state index is 0.273. The summed E-state index contributed by atoms with van der Waals surface area (Å²) in [5.41, 5.74) is 1.96. The van der Waals surface area contributed by atoms with Crippen LogP contribution < -0.4 is 5.32 Å². The van der Waals surface area contributed by atoms with Crippen molar-refractivity contribution in [1.29, 1.82) is 0 Å². The van der Waals surface area contributed by atoms with Gasteiger partial charge in [0.2, 0.25) is 0 Å². The third-order valence-corrected chi connectivity index (χ3v) is 3.71. The molecule has 0 radical (unpaired) electrons. The molecule has 0 saturated heterocycles. The lowest BCUT2D eigenvalue weighted by atomic mass is 10.2. The highest BCUT2D eigenvalue weighted by Gasteiger charge is 2.10. The summed E-state index contributed by atoms with van der Waals surface area (Å²) in [7, 11) is 0. The Labute approximate surface area is 134 Å². The zero-order valence-corrected chi connectivity index (χ0v) is 12.4. The third kappa shape index (κ3) is 2.64. The van der Waals surface area contributed by atoms with Gasteiger partial charge in [0.1, 0.15) is 23.2 Å². The van der Waals surface area contributed by atoms with E-state index in [0.29, 0.717) is 22.7 Å². The summed E-state index contributed by atoms with van der Waals surface area (Å²) in [6, 6.07) is 8.60. The fraction of sp³-hybridized carbons (Fsp3) is 0. The highest BCUT2D eigenvalue weighted by atomic mass is 32.1. The van der Waals surface area contributed by atoms with Gasteiger partial charge in [-0.05, 0) is 24.3 Å². The van der Waals surface area contributed by atoms with E-state index in [4.69, 9.17) is 0 Å². The van der Waals surface area contributed by atoms with Gasteiger partial charge in [-0.25, -0.2) is 14.6 Å². The molecule has 3 heterocycles. The Morgan fingerprint density at radius 2 is 2.04 bits per heavy atom.